The molecule has 21 heavy (non-hydrogen) atoms. The smallest absolute Gasteiger partial charge is 0.395 e. The first-order valence-electron chi connectivity index (χ1n) is 5.84. The molecular formula is C10H13F3N4O4. The summed E-state index contributed by atoms with van der Waals surface area (Å²) < 4.78 is 38.1. The SMILES string of the molecule is O=C(CCn1cnc([N+](=O)[O-])c1)N(CCO)CC(F)(F)F. The number of alkyl halides is 3. The summed E-state index contributed by atoms with van der Waals surface area (Å²) in [6, 6.07) is 0. The van der Waals surface area contributed by atoms with Crippen molar-refractivity contribution in [2.75, 3.05) is 19.7 Å². The van der Waals surface area contributed by atoms with Crippen molar-refractivity contribution in [1.82, 2.24) is 14.5 Å². The zero-order valence-electron chi connectivity index (χ0n) is 10.8. The molecule has 1 N–H and O–H groups in total. The number of hydrogen-bond donors (Lipinski definition) is 1. The van der Waals surface area contributed by atoms with Gasteiger partial charge in [0, 0.05) is 19.5 Å². The average molecular weight is 310 g/mol. The van der Waals surface area contributed by atoms with Crippen LogP contribution >= 0.6 is 0 Å². The van der Waals surface area contributed by atoms with Gasteiger partial charge in [-0.3, -0.25) is 4.79 Å². The summed E-state index contributed by atoms with van der Waals surface area (Å²) in [5.74, 6) is -1.22. The number of nitrogens with zero attached hydrogens (tertiary/aromatic N) is 4. The first-order chi connectivity index (χ1) is 9.73. The highest BCUT2D eigenvalue weighted by Crippen LogP contribution is 2.17. The van der Waals surface area contributed by atoms with Gasteiger partial charge < -0.3 is 24.7 Å². The Hall–Kier alpha value is -2.17. The van der Waals surface area contributed by atoms with Gasteiger partial charge >= 0.3 is 12.0 Å². The number of aromatic nitrogens is 2. The Bertz CT molecular complexity index is 503. The highest BCUT2D eigenvalue weighted by atomic mass is 19.4. The van der Waals surface area contributed by atoms with E-state index in [0.29, 0.717) is 4.90 Å². The minimum atomic E-state index is -4.56. The Kier molecular flexibility index (Phi) is 5.64. The first kappa shape index (κ1) is 16.9. The molecule has 0 aliphatic rings. The standard InChI is InChI=1S/C10H13F3N4O4/c11-10(12,13)6-16(3-4-18)9(19)1-2-15-5-8(14-7-15)17(20)21/h5,7,18H,1-4,6H2. The molecule has 0 saturated carbocycles. The number of halogens is 3. The summed E-state index contributed by atoms with van der Waals surface area (Å²) in [6.07, 6.45) is -2.65. The predicted octanol–water partition coefficient (Wildman–Crippen LogP) is 0.565. The van der Waals surface area contributed by atoms with Crippen molar-refractivity contribution < 1.29 is 28.0 Å². The van der Waals surface area contributed by atoms with Crippen LogP contribution in [-0.2, 0) is 11.3 Å². The zero-order valence-corrected chi connectivity index (χ0v) is 10.8. The highest BCUT2D eigenvalue weighted by Gasteiger charge is 2.32. The molecule has 0 radical (unpaired) electrons. The number of nitro groups is 1. The number of carbonyl (C=O) groups is 1. The minimum absolute atomic E-state index is 0.0422. The van der Waals surface area contributed by atoms with Crippen LogP contribution in [0.1, 0.15) is 6.42 Å². The number of aliphatic hydroxyl groups excluding tert-OH is 1. The number of rotatable bonds is 7. The van der Waals surface area contributed by atoms with Crippen molar-refractivity contribution in [1.29, 1.82) is 0 Å². The lowest BCUT2D eigenvalue weighted by molar-refractivity contribution is -0.389. The third kappa shape index (κ3) is 5.77. The number of aryl methyl sites for hydroxylation is 1. The van der Waals surface area contributed by atoms with E-state index in [1.54, 1.807) is 0 Å². The topological polar surface area (TPSA) is 102 Å². The number of carbonyl (C=O) groups excluding carboxylic acids is 1. The van der Waals surface area contributed by atoms with E-state index >= 15 is 0 Å². The highest BCUT2D eigenvalue weighted by molar-refractivity contribution is 5.76. The maximum absolute atomic E-state index is 12.3. The normalized spacial score (nSPS) is 11.4. The maximum atomic E-state index is 12.3. The van der Waals surface area contributed by atoms with Gasteiger partial charge in [-0.15, -0.1) is 0 Å². The van der Waals surface area contributed by atoms with Crippen LogP contribution in [0.25, 0.3) is 0 Å². The van der Waals surface area contributed by atoms with Gasteiger partial charge in [-0.2, -0.15) is 13.2 Å². The van der Waals surface area contributed by atoms with Crippen LogP contribution < -0.4 is 0 Å². The summed E-state index contributed by atoms with van der Waals surface area (Å²) in [5, 5.41) is 19.1. The van der Waals surface area contributed by atoms with Gasteiger partial charge in [0.25, 0.3) is 0 Å². The molecule has 0 fully saturated rings. The van der Waals surface area contributed by atoms with Crippen molar-refractivity contribution in [3.05, 3.63) is 22.6 Å². The van der Waals surface area contributed by atoms with E-state index in [1.807, 2.05) is 0 Å². The fraction of sp³-hybridized carbons (Fsp3) is 0.600. The van der Waals surface area contributed by atoms with Gasteiger partial charge in [0.05, 0.1) is 6.61 Å². The second-order valence-corrected chi connectivity index (χ2v) is 4.13. The van der Waals surface area contributed by atoms with Crippen LogP contribution in [0.15, 0.2) is 12.5 Å². The van der Waals surface area contributed by atoms with E-state index < -0.39 is 42.5 Å². The molecule has 0 unspecified atom stereocenters. The lowest BCUT2D eigenvalue weighted by Gasteiger charge is -2.23. The number of imidazole rings is 1. The van der Waals surface area contributed by atoms with Crippen molar-refractivity contribution in [2.45, 2.75) is 19.1 Å². The Morgan fingerprint density at radius 1 is 1.52 bits per heavy atom. The maximum Gasteiger partial charge on any atom is 0.406 e. The average Bonchev–Trinajstić information content (AvgIpc) is 2.82. The molecule has 11 heteroatoms. The Balaban J connectivity index is 2.58. The molecule has 0 saturated heterocycles. The molecule has 1 amide bonds. The van der Waals surface area contributed by atoms with E-state index in [1.165, 1.54) is 4.57 Å². The van der Waals surface area contributed by atoms with Gasteiger partial charge in [0.1, 0.15) is 12.7 Å². The van der Waals surface area contributed by atoms with Gasteiger partial charge in [-0.25, -0.2) is 0 Å². The molecular weight excluding hydrogens is 297 g/mol. The second kappa shape index (κ2) is 7.02. The summed E-state index contributed by atoms with van der Waals surface area (Å²) in [5.41, 5.74) is 0. The molecule has 0 bridgehead atoms. The molecule has 0 atom stereocenters. The monoisotopic (exact) mass is 310 g/mol. The molecule has 1 aromatic rings. The molecule has 0 aromatic carbocycles. The van der Waals surface area contributed by atoms with Gasteiger partial charge in [-0.1, -0.05) is 0 Å². The lowest BCUT2D eigenvalue weighted by Crippen LogP contribution is -2.40. The van der Waals surface area contributed by atoms with Crippen molar-refractivity contribution in [3.63, 3.8) is 0 Å². The van der Waals surface area contributed by atoms with Crippen LogP contribution in [0.5, 0.6) is 0 Å². The molecule has 0 aliphatic carbocycles. The predicted molar refractivity (Wildman–Crippen MR) is 63.2 cm³/mol. The van der Waals surface area contributed by atoms with Crippen LogP contribution in [0.4, 0.5) is 19.0 Å². The van der Waals surface area contributed by atoms with Gasteiger partial charge in [0.15, 0.2) is 0 Å². The molecule has 0 spiro atoms. The quantitative estimate of drug-likeness (QED) is 0.586. The van der Waals surface area contributed by atoms with E-state index in [0.717, 1.165) is 12.5 Å². The Morgan fingerprint density at radius 3 is 2.67 bits per heavy atom. The third-order valence-electron chi connectivity index (χ3n) is 2.48. The van der Waals surface area contributed by atoms with Crippen LogP contribution in [-0.4, -0.2) is 56.3 Å². The van der Waals surface area contributed by atoms with E-state index in [-0.39, 0.29) is 13.0 Å². The van der Waals surface area contributed by atoms with Crippen LogP contribution in [0.3, 0.4) is 0 Å². The molecule has 8 nitrogen and oxygen atoms in total. The van der Waals surface area contributed by atoms with Crippen molar-refractivity contribution >= 4 is 11.7 Å². The largest absolute Gasteiger partial charge is 0.406 e. The second-order valence-electron chi connectivity index (χ2n) is 4.13. The third-order valence-corrected chi connectivity index (χ3v) is 2.48. The van der Waals surface area contributed by atoms with E-state index in [4.69, 9.17) is 5.11 Å². The molecule has 0 aliphatic heterocycles. The van der Waals surface area contributed by atoms with Crippen molar-refractivity contribution in [2.24, 2.45) is 0 Å². The number of amides is 1. The Labute approximate surface area is 116 Å². The Morgan fingerprint density at radius 2 is 2.19 bits per heavy atom. The summed E-state index contributed by atoms with van der Waals surface area (Å²) in [6.45, 7) is -2.50. The minimum Gasteiger partial charge on any atom is -0.395 e. The number of hydrogen-bond acceptors (Lipinski definition) is 5. The molecule has 1 heterocycles. The van der Waals surface area contributed by atoms with Gasteiger partial charge in [0.2, 0.25) is 12.2 Å². The fourth-order valence-corrected chi connectivity index (χ4v) is 1.58. The molecule has 1 rings (SSSR count). The number of aliphatic hydroxyl groups is 1. The van der Waals surface area contributed by atoms with Crippen molar-refractivity contribution in [3.8, 4) is 0 Å². The summed E-state index contributed by atoms with van der Waals surface area (Å²) in [7, 11) is 0. The van der Waals surface area contributed by atoms with E-state index in [9.17, 15) is 28.1 Å². The molecule has 1 aromatic heterocycles. The summed E-state index contributed by atoms with van der Waals surface area (Å²) in [4.78, 5) is 25.3. The first-order valence-corrected chi connectivity index (χ1v) is 5.84. The van der Waals surface area contributed by atoms with Crippen LogP contribution in [0.2, 0.25) is 0 Å². The molecule has 118 valence electrons. The van der Waals surface area contributed by atoms with E-state index in [2.05, 4.69) is 4.98 Å². The lowest BCUT2D eigenvalue weighted by atomic mass is 10.3. The van der Waals surface area contributed by atoms with Crippen LogP contribution in [0, 0.1) is 10.1 Å². The summed E-state index contributed by atoms with van der Waals surface area (Å²) >= 11 is 0. The zero-order chi connectivity index (χ0) is 16.0. The van der Waals surface area contributed by atoms with Gasteiger partial charge in [-0.05, 0) is 9.91 Å². The fourth-order valence-electron chi connectivity index (χ4n) is 1.58.